The van der Waals surface area contributed by atoms with Crippen molar-refractivity contribution in [3.63, 3.8) is 0 Å². The highest BCUT2D eigenvalue weighted by molar-refractivity contribution is 7.26. The molecule has 3 aromatic heterocycles. The molecule has 2 atom stereocenters. The summed E-state index contributed by atoms with van der Waals surface area (Å²) in [5, 5.41) is 19.4. The Bertz CT molecular complexity index is 3210. The van der Waals surface area contributed by atoms with Crippen LogP contribution in [0.15, 0.2) is 182 Å². The normalized spacial score (nSPS) is 17.4. The van der Waals surface area contributed by atoms with Crippen LogP contribution in [0.2, 0.25) is 0 Å². The van der Waals surface area contributed by atoms with E-state index in [0.717, 1.165) is 0 Å². The predicted molar refractivity (Wildman–Crippen MR) is 243 cm³/mol. The van der Waals surface area contributed by atoms with Gasteiger partial charge in [-0.05, 0) is 64.2 Å². The summed E-state index contributed by atoms with van der Waals surface area (Å²) in [5.41, 5.74) is 9.92. The number of hydrogen-bond acceptors (Lipinski definition) is 5. The third-order valence-electron chi connectivity index (χ3n) is 11.7. The van der Waals surface area contributed by atoms with Crippen LogP contribution in [0.4, 0.5) is 0 Å². The molecule has 2 unspecified atom stereocenters. The number of fused-ring (bicyclic) bond motifs is 9. The number of aromatic nitrogens is 1. The lowest BCUT2D eigenvalue weighted by Gasteiger charge is -2.40. The van der Waals surface area contributed by atoms with Crippen molar-refractivity contribution in [2.24, 2.45) is 0 Å². The van der Waals surface area contributed by atoms with Crippen LogP contribution in [0.25, 0.3) is 79.0 Å². The van der Waals surface area contributed by atoms with Gasteiger partial charge in [0.2, 0.25) is 0 Å². The Kier molecular flexibility index (Phi) is 7.68. The maximum absolute atomic E-state index is 3.92. The van der Waals surface area contributed by atoms with E-state index in [-0.39, 0.29) is 18.5 Å². The molecule has 11 aromatic rings. The SMILES string of the molecule is c1ccc(C2NC(c3ccccc3)NC(c3cccc4sc5cc(-c6cccc7c6sc6cccc(-n8c9ccccc9c9ccccc98)c67)ccc5c34)N2)cc1. The topological polar surface area (TPSA) is 41.0 Å². The molecule has 0 aliphatic carbocycles. The van der Waals surface area contributed by atoms with Crippen LogP contribution in [0.1, 0.15) is 35.2 Å². The van der Waals surface area contributed by atoms with Gasteiger partial charge in [0.15, 0.2) is 0 Å². The molecule has 1 saturated heterocycles. The fraction of sp³-hybridized carbons (Fsp3) is 0.0588. The van der Waals surface area contributed by atoms with E-state index < -0.39 is 0 Å². The van der Waals surface area contributed by atoms with Gasteiger partial charge < -0.3 is 4.57 Å². The average Bonchev–Trinajstić information content (AvgIpc) is 3.96. The number of hydrogen-bond donors (Lipinski definition) is 3. The molecular formula is C51H36N4S2. The summed E-state index contributed by atoms with van der Waals surface area (Å²) < 4.78 is 7.68. The van der Waals surface area contributed by atoms with Crippen LogP contribution in [-0.2, 0) is 0 Å². The first-order chi connectivity index (χ1) is 28.3. The minimum Gasteiger partial charge on any atom is -0.309 e. The van der Waals surface area contributed by atoms with Crippen LogP contribution in [0.5, 0.6) is 0 Å². The summed E-state index contributed by atoms with van der Waals surface area (Å²) in [5.74, 6) is 0. The lowest BCUT2D eigenvalue weighted by molar-refractivity contribution is 0.204. The van der Waals surface area contributed by atoms with Gasteiger partial charge in [0.1, 0.15) is 0 Å². The van der Waals surface area contributed by atoms with Gasteiger partial charge in [-0.1, -0.05) is 146 Å². The van der Waals surface area contributed by atoms with Crippen LogP contribution >= 0.6 is 22.7 Å². The lowest BCUT2D eigenvalue weighted by atomic mass is 9.98. The molecule has 1 aliphatic heterocycles. The highest BCUT2D eigenvalue weighted by Gasteiger charge is 2.31. The summed E-state index contributed by atoms with van der Waals surface area (Å²) in [6.07, 6.45) is -0.114. The number of thiophene rings is 2. The maximum Gasteiger partial charge on any atom is 0.0871 e. The van der Waals surface area contributed by atoms with E-state index in [9.17, 15) is 0 Å². The van der Waals surface area contributed by atoms with Gasteiger partial charge in [0.05, 0.1) is 35.2 Å². The van der Waals surface area contributed by atoms with Crippen LogP contribution in [0, 0.1) is 0 Å². The number of para-hydroxylation sites is 2. The zero-order chi connectivity index (χ0) is 37.5. The Hall–Kier alpha value is -6.12. The van der Waals surface area contributed by atoms with Crippen molar-refractivity contribution in [3.8, 4) is 16.8 Å². The second-order valence-corrected chi connectivity index (χ2v) is 17.1. The number of nitrogens with one attached hydrogen (secondary N) is 3. The predicted octanol–water partition coefficient (Wildman–Crippen LogP) is 13.4. The third kappa shape index (κ3) is 5.30. The van der Waals surface area contributed by atoms with E-state index in [2.05, 4.69) is 203 Å². The Balaban J connectivity index is 0.981. The molecule has 8 aromatic carbocycles. The first-order valence-electron chi connectivity index (χ1n) is 19.5. The van der Waals surface area contributed by atoms with Crippen molar-refractivity contribution in [3.05, 3.63) is 199 Å². The van der Waals surface area contributed by atoms with Gasteiger partial charge in [-0.25, -0.2) is 0 Å². The van der Waals surface area contributed by atoms with Crippen molar-refractivity contribution < 1.29 is 0 Å². The van der Waals surface area contributed by atoms with E-state index in [4.69, 9.17) is 0 Å². The third-order valence-corrected chi connectivity index (χ3v) is 14.1. The molecule has 4 nitrogen and oxygen atoms in total. The van der Waals surface area contributed by atoms with Crippen LogP contribution in [-0.4, -0.2) is 4.57 Å². The fourth-order valence-electron chi connectivity index (χ4n) is 9.19. The molecule has 0 radical (unpaired) electrons. The molecule has 6 heteroatoms. The average molecular weight is 769 g/mol. The Morgan fingerprint density at radius 1 is 0.404 bits per heavy atom. The number of nitrogens with zero attached hydrogens (tertiary/aromatic N) is 1. The lowest BCUT2D eigenvalue weighted by Crippen LogP contribution is -2.54. The molecule has 0 spiro atoms. The summed E-state index contributed by atoms with van der Waals surface area (Å²) in [6.45, 7) is 0. The van der Waals surface area contributed by atoms with Gasteiger partial charge >= 0.3 is 0 Å². The summed E-state index contributed by atoms with van der Waals surface area (Å²) in [7, 11) is 0. The Labute approximate surface area is 337 Å². The van der Waals surface area contributed by atoms with Crippen LogP contribution in [0.3, 0.4) is 0 Å². The first kappa shape index (κ1) is 33.1. The molecule has 1 fully saturated rings. The Morgan fingerprint density at radius 3 is 1.68 bits per heavy atom. The standard InChI is InChI=1S/C51H36N4S2/c1-3-14-31(15-4-1)49-52-50(32-16-5-2-6-17-32)54-51(53-49)39-22-12-26-43-46(39)37-29-28-33(30-45(37)56-43)34-20-11-21-38-47-42(25-13-27-44(47)57-48(34)38)55-40-23-9-7-18-35(40)36-19-8-10-24-41(36)55/h1-30,49-54H. The zero-order valence-corrected chi connectivity index (χ0v) is 32.4. The smallest absolute Gasteiger partial charge is 0.0871 e. The first-order valence-corrected chi connectivity index (χ1v) is 21.2. The van der Waals surface area contributed by atoms with Crippen molar-refractivity contribution in [1.82, 2.24) is 20.5 Å². The molecular weight excluding hydrogens is 733 g/mol. The quantitative estimate of drug-likeness (QED) is 0.163. The molecule has 0 bridgehead atoms. The summed E-state index contributed by atoms with van der Waals surface area (Å²) in [6, 6.07) is 66.5. The second kappa shape index (κ2) is 13.2. The van der Waals surface area contributed by atoms with Crippen molar-refractivity contribution >= 4 is 84.8 Å². The zero-order valence-electron chi connectivity index (χ0n) is 30.8. The fourth-order valence-corrected chi connectivity index (χ4v) is 11.6. The van der Waals surface area contributed by atoms with E-state index in [0.29, 0.717) is 0 Å². The van der Waals surface area contributed by atoms with Gasteiger partial charge in [-0.15, -0.1) is 22.7 Å². The molecule has 1 aliphatic rings. The highest BCUT2D eigenvalue weighted by atomic mass is 32.1. The maximum atomic E-state index is 3.92. The molecule has 12 rings (SSSR count). The summed E-state index contributed by atoms with van der Waals surface area (Å²) >= 11 is 3.79. The van der Waals surface area contributed by atoms with Gasteiger partial charge in [-0.2, -0.15) is 0 Å². The van der Waals surface area contributed by atoms with Gasteiger partial charge in [0.25, 0.3) is 0 Å². The second-order valence-electron chi connectivity index (χ2n) is 15.0. The van der Waals surface area contributed by atoms with Crippen molar-refractivity contribution in [1.29, 1.82) is 0 Å². The Morgan fingerprint density at radius 2 is 0.982 bits per heavy atom. The number of benzene rings is 8. The van der Waals surface area contributed by atoms with Gasteiger partial charge in [0, 0.05) is 51.1 Å². The molecule has 0 saturated carbocycles. The minimum atomic E-state index is -0.0705. The summed E-state index contributed by atoms with van der Waals surface area (Å²) in [4.78, 5) is 0. The van der Waals surface area contributed by atoms with Crippen molar-refractivity contribution in [2.75, 3.05) is 0 Å². The van der Waals surface area contributed by atoms with E-state index in [1.165, 1.54) is 95.7 Å². The van der Waals surface area contributed by atoms with E-state index in [1.807, 2.05) is 22.7 Å². The van der Waals surface area contributed by atoms with E-state index >= 15 is 0 Å². The highest BCUT2D eigenvalue weighted by Crippen LogP contribution is 2.46. The van der Waals surface area contributed by atoms with E-state index in [1.54, 1.807) is 0 Å². The van der Waals surface area contributed by atoms with Crippen molar-refractivity contribution in [2.45, 2.75) is 18.5 Å². The minimum absolute atomic E-state index is 0.0216. The molecule has 0 amide bonds. The molecule has 57 heavy (non-hydrogen) atoms. The molecule has 4 heterocycles. The monoisotopic (exact) mass is 768 g/mol. The largest absolute Gasteiger partial charge is 0.309 e. The molecule has 3 N–H and O–H groups in total. The van der Waals surface area contributed by atoms with Gasteiger partial charge in [-0.3, -0.25) is 16.0 Å². The van der Waals surface area contributed by atoms with Crippen LogP contribution < -0.4 is 16.0 Å². The number of rotatable bonds is 5. The molecule has 272 valence electrons.